The fourth-order valence-electron chi connectivity index (χ4n) is 4.70. The highest BCUT2D eigenvalue weighted by atomic mass is 16.3. The van der Waals surface area contributed by atoms with E-state index in [0.717, 1.165) is 37.7 Å². The Morgan fingerprint density at radius 1 is 1.26 bits per heavy atom. The van der Waals surface area contributed by atoms with Gasteiger partial charge in [-0.05, 0) is 44.6 Å². The first kappa shape index (κ1) is 13.1. The molecule has 19 heavy (non-hydrogen) atoms. The predicted molar refractivity (Wildman–Crippen MR) is 75.7 cm³/mol. The van der Waals surface area contributed by atoms with Gasteiger partial charge in [-0.2, -0.15) is 0 Å². The van der Waals surface area contributed by atoms with Gasteiger partial charge in [-0.3, -0.25) is 4.79 Å². The lowest BCUT2D eigenvalue weighted by atomic mass is 9.50. The standard InChI is InChI=1S/C17H24O2/c1-11-12-7-9-17(3)14(5-4-6-15(17)19)16(12,2)10-8-13(11)18/h5,15,19H,4,6-10H2,1-3H3/t15?,16-,17?/m0/s1. The lowest BCUT2D eigenvalue weighted by Crippen LogP contribution is -2.48. The molecule has 3 aliphatic carbocycles. The zero-order chi connectivity index (χ0) is 13.8. The summed E-state index contributed by atoms with van der Waals surface area (Å²) in [5.41, 5.74) is 3.70. The van der Waals surface area contributed by atoms with Crippen LogP contribution in [0.5, 0.6) is 0 Å². The van der Waals surface area contributed by atoms with Gasteiger partial charge in [-0.1, -0.05) is 31.1 Å². The minimum Gasteiger partial charge on any atom is -0.392 e. The Kier molecular flexibility index (Phi) is 2.79. The Labute approximate surface area is 115 Å². The molecule has 1 fully saturated rings. The number of aliphatic hydroxyl groups excluding tert-OH is 1. The molecule has 2 heteroatoms. The second-order valence-electron chi connectivity index (χ2n) is 6.99. The number of fused-ring (bicyclic) bond motifs is 3. The Bertz CT molecular complexity index is 499. The van der Waals surface area contributed by atoms with Gasteiger partial charge in [0.2, 0.25) is 0 Å². The molecule has 3 rings (SSSR count). The summed E-state index contributed by atoms with van der Waals surface area (Å²) < 4.78 is 0. The number of hydrogen-bond donors (Lipinski definition) is 1. The van der Waals surface area contributed by atoms with Crippen molar-refractivity contribution in [2.75, 3.05) is 0 Å². The number of ketones is 1. The molecule has 2 unspecified atom stereocenters. The maximum Gasteiger partial charge on any atom is 0.158 e. The van der Waals surface area contributed by atoms with Gasteiger partial charge < -0.3 is 5.11 Å². The molecule has 0 saturated heterocycles. The van der Waals surface area contributed by atoms with Crippen LogP contribution in [-0.4, -0.2) is 17.0 Å². The first-order chi connectivity index (χ1) is 8.89. The van der Waals surface area contributed by atoms with Crippen molar-refractivity contribution in [3.63, 3.8) is 0 Å². The Morgan fingerprint density at radius 3 is 2.74 bits per heavy atom. The predicted octanol–water partition coefficient (Wildman–Crippen LogP) is 3.55. The molecule has 0 aromatic heterocycles. The largest absolute Gasteiger partial charge is 0.392 e. The number of aliphatic hydroxyl groups is 1. The number of hydrogen-bond acceptors (Lipinski definition) is 2. The van der Waals surface area contributed by atoms with Crippen LogP contribution in [0.4, 0.5) is 0 Å². The summed E-state index contributed by atoms with van der Waals surface area (Å²) in [6.45, 7) is 6.51. The smallest absolute Gasteiger partial charge is 0.158 e. The van der Waals surface area contributed by atoms with E-state index < -0.39 is 0 Å². The van der Waals surface area contributed by atoms with Crippen LogP contribution in [0.1, 0.15) is 59.3 Å². The third-order valence-electron chi connectivity index (χ3n) is 6.02. The van der Waals surface area contributed by atoms with Gasteiger partial charge >= 0.3 is 0 Å². The highest BCUT2D eigenvalue weighted by Gasteiger charge is 2.52. The summed E-state index contributed by atoms with van der Waals surface area (Å²) in [5.74, 6) is 0.327. The summed E-state index contributed by atoms with van der Waals surface area (Å²) in [5, 5.41) is 10.5. The van der Waals surface area contributed by atoms with E-state index in [-0.39, 0.29) is 16.9 Å². The zero-order valence-electron chi connectivity index (χ0n) is 12.3. The topological polar surface area (TPSA) is 37.3 Å². The third-order valence-corrected chi connectivity index (χ3v) is 6.02. The summed E-state index contributed by atoms with van der Waals surface area (Å²) in [7, 11) is 0. The molecular formula is C17H24O2. The van der Waals surface area contributed by atoms with Crippen molar-refractivity contribution in [2.24, 2.45) is 10.8 Å². The molecule has 1 saturated carbocycles. The zero-order valence-corrected chi connectivity index (χ0v) is 12.3. The van der Waals surface area contributed by atoms with E-state index in [9.17, 15) is 9.90 Å². The van der Waals surface area contributed by atoms with Crippen molar-refractivity contribution in [2.45, 2.75) is 65.4 Å². The van der Waals surface area contributed by atoms with Gasteiger partial charge in [-0.15, -0.1) is 0 Å². The number of carbonyl (C=O) groups is 1. The number of allylic oxidation sites excluding steroid dienone is 3. The van der Waals surface area contributed by atoms with Gasteiger partial charge in [0.15, 0.2) is 5.78 Å². The summed E-state index contributed by atoms with van der Waals surface area (Å²) in [4.78, 5) is 12.0. The molecule has 1 N–H and O–H groups in total. The van der Waals surface area contributed by atoms with Crippen molar-refractivity contribution < 1.29 is 9.90 Å². The number of Topliss-reactive ketones (excluding diaryl/α,β-unsaturated/α-hetero) is 1. The van der Waals surface area contributed by atoms with Crippen LogP contribution in [0.15, 0.2) is 22.8 Å². The van der Waals surface area contributed by atoms with Gasteiger partial charge in [-0.25, -0.2) is 0 Å². The molecule has 0 spiro atoms. The van der Waals surface area contributed by atoms with Crippen LogP contribution >= 0.6 is 0 Å². The van der Waals surface area contributed by atoms with Crippen LogP contribution in [0.25, 0.3) is 0 Å². The lowest BCUT2D eigenvalue weighted by molar-refractivity contribution is -0.117. The van der Waals surface area contributed by atoms with Crippen molar-refractivity contribution in [1.29, 1.82) is 0 Å². The summed E-state index contributed by atoms with van der Waals surface area (Å²) in [6, 6.07) is 0. The first-order valence-corrected chi connectivity index (χ1v) is 7.52. The van der Waals surface area contributed by atoms with E-state index in [1.165, 1.54) is 11.1 Å². The van der Waals surface area contributed by atoms with Crippen molar-refractivity contribution in [1.82, 2.24) is 0 Å². The molecule has 0 aromatic carbocycles. The van der Waals surface area contributed by atoms with Crippen molar-refractivity contribution in [3.05, 3.63) is 22.8 Å². The van der Waals surface area contributed by atoms with E-state index in [0.29, 0.717) is 12.2 Å². The fourth-order valence-corrected chi connectivity index (χ4v) is 4.70. The van der Waals surface area contributed by atoms with E-state index in [4.69, 9.17) is 0 Å². The van der Waals surface area contributed by atoms with Crippen LogP contribution < -0.4 is 0 Å². The average molecular weight is 260 g/mol. The molecule has 104 valence electrons. The van der Waals surface area contributed by atoms with E-state index >= 15 is 0 Å². The van der Waals surface area contributed by atoms with Gasteiger partial charge in [0.25, 0.3) is 0 Å². The van der Waals surface area contributed by atoms with Gasteiger partial charge in [0.05, 0.1) is 6.10 Å². The molecule has 0 radical (unpaired) electrons. The first-order valence-electron chi connectivity index (χ1n) is 7.52. The van der Waals surface area contributed by atoms with Crippen LogP contribution in [0.2, 0.25) is 0 Å². The van der Waals surface area contributed by atoms with Crippen molar-refractivity contribution >= 4 is 5.78 Å². The van der Waals surface area contributed by atoms with Gasteiger partial charge in [0.1, 0.15) is 0 Å². The van der Waals surface area contributed by atoms with E-state index in [1.54, 1.807) is 0 Å². The molecule has 0 heterocycles. The minimum atomic E-state index is -0.219. The maximum absolute atomic E-state index is 12.0. The second-order valence-corrected chi connectivity index (χ2v) is 6.99. The lowest BCUT2D eigenvalue weighted by Gasteiger charge is -2.54. The number of carbonyl (C=O) groups excluding carboxylic acids is 1. The van der Waals surface area contributed by atoms with Crippen LogP contribution in [0.3, 0.4) is 0 Å². The summed E-state index contributed by atoms with van der Waals surface area (Å²) in [6.07, 6.45) is 7.53. The number of rotatable bonds is 0. The molecule has 0 amide bonds. The second kappa shape index (κ2) is 4.05. The Hall–Kier alpha value is -0.890. The van der Waals surface area contributed by atoms with Gasteiger partial charge in [0, 0.05) is 17.3 Å². The molecule has 0 bridgehead atoms. The highest BCUT2D eigenvalue weighted by Crippen LogP contribution is 2.60. The minimum absolute atomic E-state index is 0.0202. The van der Waals surface area contributed by atoms with Crippen LogP contribution in [0, 0.1) is 10.8 Å². The molecule has 3 atom stereocenters. The molecule has 0 aliphatic heterocycles. The van der Waals surface area contributed by atoms with Crippen LogP contribution in [-0.2, 0) is 4.79 Å². The molecular weight excluding hydrogens is 236 g/mol. The summed E-state index contributed by atoms with van der Waals surface area (Å²) >= 11 is 0. The Balaban J connectivity index is 2.15. The quantitative estimate of drug-likeness (QED) is 0.676. The normalized spacial score (nSPS) is 42.6. The van der Waals surface area contributed by atoms with E-state index in [2.05, 4.69) is 19.9 Å². The average Bonchev–Trinajstić information content (AvgIpc) is 2.37. The monoisotopic (exact) mass is 260 g/mol. The molecule has 0 aromatic rings. The third kappa shape index (κ3) is 1.62. The molecule has 3 aliphatic rings. The van der Waals surface area contributed by atoms with E-state index in [1.807, 2.05) is 6.92 Å². The molecule has 2 nitrogen and oxygen atoms in total. The fraction of sp³-hybridized carbons (Fsp3) is 0.706. The van der Waals surface area contributed by atoms with Crippen molar-refractivity contribution in [3.8, 4) is 0 Å². The Morgan fingerprint density at radius 2 is 2.00 bits per heavy atom. The SMILES string of the molecule is CC1=C2CCC3(C)C(=CCCC3O)[C@@]2(C)CCC1=O. The highest BCUT2D eigenvalue weighted by molar-refractivity contribution is 5.97. The maximum atomic E-state index is 12.0.